The van der Waals surface area contributed by atoms with E-state index in [1.165, 1.54) is 32.0 Å². The Hall–Kier alpha value is -1.36. The van der Waals surface area contributed by atoms with Gasteiger partial charge in [-0.1, -0.05) is 19.8 Å². The molecule has 6 heteroatoms. The lowest BCUT2D eigenvalue weighted by atomic mass is 9.89. The number of fused-ring (bicyclic) bond motifs is 1. The number of ether oxygens (including phenoxy) is 1. The molecule has 0 radical (unpaired) electrons. The normalized spacial score (nSPS) is 19.0. The fourth-order valence-corrected chi connectivity index (χ4v) is 3.48. The van der Waals surface area contributed by atoms with E-state index in [2.05, 4.69) is 26.4 Å². The van der Waals surface area contributed by atoms with Crippen LogP contribution in [0.3, 0.4) is 0 Å². The zero-order chi connectivity index (χ0) is 15.0. The molecule has 2 aromatic rings. The number of aromatic nitrogens is 4. The van der Waals surface area contributed by atoms with Crippen LogP contribution < -0.4 is 4.74 Å². The quantitative estimate of drug-likeness (QED) is 0.808. The number of hydrogen-bond acceptors (Lipinski definition) is 4. The minimum atomic E-state index is -0.172. The van der Waals surface area contributed by atoms with E-state index >= 15 is 0 Å². The summed E-state index contributed by atoms with van der Waals surface area (Å²) in [5.74, 6) is 1.35. The molecule has 0 bridgehead atoms. The van der Waals surface area contributed by atoms with Crippen LogP contribution in [0.5, 0.6) is 5.88 Å². The molecule has 0 saturated heterocycles. The van der Waals surface area contributed by atoms with Gasteiger partial charge in [0.05, 0.1) is 12.5 Å². The molecule has 3 rings (SSSR count). The van der Waals surface area contributed by atoms with Crippen molar-refractivity contribution in [1.82, 2.24) is 19.5 Å². The lowest BCUT2D eigenvalue weighted by molar-refractivity contribution is 0.281. The van der Waals surface area contributed by atoms with Gasteiger partial charge in [-0.15, -0.1) is 11.6 Å². The molecule has 1 unspecified atom stereocenters. The van der Waals surface area contributed by atoms with Crippen LogP contribution in [0, 0.1) is 5.41 Å². The molecule has 5 nitrogen and oxygen atoms in total. The highest BCUT2D eigenvalue weighted by Gasteiger charge is 2.31. The van der Waals surface area contributed by atoms with Gasteiger partial charge in [0.2, 0.25) is 5.88 Å². The van der Waals surface area contributed by atoms with E-state index in [0.717, 1.165) is 18.0 Å². The van der Waals surface area contributed by atoms with E-state index in [1.54, 1.807) is 7.11 Å². The zero-order valence-corrected chi connectivity index (χ0v) is 13.5. The Kier molecular flexibility index (Phi) is 3.78. The third-order valence-electron chi connectivity index (χ3n) is 4.43. The molecule has 1 fully saturated rings. The van der Waals surface area contributed by atoms with E-state index in [0.29, 0.717) is 16.8 Å². The molecular formula is C15H21ClN4O. The minimum Gasteiger partial charge on any atom is -0.479 e. The average molecular weight is 309 g/mol. The molecule has 2 aromatic heterocycles. The zero-order valence-electron chi connectivity index (χ0n) is 12.8. The molecule has 1 atom stereocenters. The van der Waals surface area contributed by atoms with Crippen LogP contribution in [0.4, 0.5) is 0 Å². The van der Waals surface area contributed by atoms with Crippen LogP contribution in [0.25, 0.3) is 11.2 Å². The SMILES string of the molecule is COc1ncnc2c1nc(C(C)Cl)n2CC1(C)CCCC1. The Bertz CT molecular complexity index is 646. The fraction of sp³-hybridized carbons (Fsp3) is 0.667. The largest absolute Gasteiger partial charge is 0.479 e. The van der Waals surface area contributed by atoms with Crippen molar-refractivity contribution in [1.29, 1.82) is 0 Å². The van der Waals surface area contributed by atoms with Crippen LogP contribution in [-0.2, 0) is 6.54 Å². The number of methoxy groups -OCH3 is 1. The molecule has 21 heavy (non-hydrogen) atoms. The highest BCUT2D eigenvalue weighted by atomic mass is 35.5. The van der Waals surface area contributed by atoms with Gasteiger partial charge in [-0.2, -0.15) is 4.98 Å². The highest BCUT2D eigenvalue weighted by molar-refractivity contribution is 6.20. The summed E-state index contributed by atoms with van der Waals surface area (Å²) in [5.41, 5.74) is 1.81. The van der Waals surface area contributed by atoms with Crippen molar-refractivity contribution in [3.8, 4) is 5.88 Å². The molecule has 0 spiro atoms. The Morgan fingerprint density at radius 2 is 2.10 bits per heavy atom. The number of rotatable bonds is 4. The predicted octanol–water partition coefficient (Wildman–Crippen LogP) is 3.72. The van der Waals surface area contributed by atoms with Gasteiger partial charge in [0, 0.05) is 6.54 Å². The first-order valence-electron chi connectivity index (χ1n) is 7.43. The van der Waals surface area contributed by atoms with E-state index in [1.807, 2.05) is 6.92 Å². The molecule has 0 aromatic carbocycles. The third-order valence-corrected chi connectivity index (χ3v) is 4.62. The van der Waals surface area contributed by atoms with Crippen molar-refractivity contribution in [2.45, 2.75) is 51.5 Å². The van der Waals surface area contributed by atoms with Gasteiger partial charge >= 0.3 is 0 Å². The van der Waals surface area contributed by atoms with Crippen molar-refractivity contribution in [3.05, 3.63) is 12.2 Å². The second kappa shape index (κ2) is 5.44. The minimum absolute atomic E-state index is 0.172. The predicted molar refractivity (Wildman–Crippen MR) is 82.7 cm³/mol. The lowest BCUT2D eigenvalue weighted by Gasteiger charge is -2.25. The van der Waals surface area contributed by atoms with Gasteiger partial charge in [0.25, 0.3) is 0 Å². The molecule has 0 aliphatic heterocycles. The number of nitrogens with zero attached hydrogens (tertiary/aromatic N) is 4. The van der Waals surface area contributed by atoms with Gasteiger partial charge in [-0.25, -0.2) is 9.97 Å². The second-order valence-corrected chi connectivity index (χ2v) is 6.90. The maximum absolute atomic E-state index is 6.33. The Morgan fingerprint density at radius 3 is 2.71 bits per heavy atom. The van der Waals surface area contributed by atoms with Crippen LogP contribution in [0.1, 0.15) is 50.7 Å². The maximum atomic E-state index is 6.33. The van der Waals surface area contributed by atoms with Crippen LogP contribution in [0.15, 0.2) is 6.33 Å². The lowest BCUT2D eigenvalue weighted by Crippen LogP contribution is -2.21. The molecule has 114 valence electrons. The maximum Gasteiger partial charge on any atom is 0.245 e. The van der Waals surface area contributed by atoms with Crippen LogP contribution in [-0.4, -0.2) is 26.6 Å². The fourth-order valence-electron chi connectivity index (χ4n) is 3.31. The number of halogens is 1. The summed E-state index contributed by atoms with van der Waals surface area (Å²) in [5, 5.41) is -0.172. The molecule has 1 aliphatic carbocycles. The highest BCUT2D eigenvalue weighted by Crippen LogP contribution is 2.40. The van der Waals surface area contributed by atoms with E-state index < -0.39 is 0 Å². The molecular weight excluding hydrogens is 288 g/mol. The summed E-state index contributed by atoms with van der Waals surface area (Å²) < 4.78 is 7.46. The standard InChI is InChI=1S/C15H21ClN4O/c1-10(16)12-19-11-13(17-9-18-14(11)21-3)20(12)8-15(2)6-4-5-7-15/h9-10H,4-8H2,1-3H3. The van der Waals surface area contributed by atoms with Crippen molar-refractivity contribution in [3.63, 3.8) is 0 Å². The molecule has 1 saturated carbocycles. The number of hydrogen-bond donors (Lipinski definition) is 0. The Balaban J connectivity index is 2.12. The van der Waals surface area contributed by atoms with Gasteiger partial charge in [0.15, 0.2) is 11.2 Å². The Morgan fingerprint density at radius 1 is 1.38 bits per heavy atom. The summed E-state index contributed by atoms with van der Waals surface area (Å²) in [4.78, 5) is 13.2. The van der Waals surface area contributed by atoms with Crippen LogP contribution >= 0.6 is 11.6 Å². The van der Waals surface area contributed by atoms with Gasteiger partial charge in [0.1, 0.15) is 12.2 Å². The number of alkyl halides is 1. The number of imidazole rings is 1. The van der Waals surface area contributed by atoms with Gasteiger partial charge in [-0.3, -0.25) is 0 Å². The molecule has 0 N–H and O–H groups in total. The van der Waals surface area contributed by atoms with Crippen molar-refractivity contribution in [2.24, 2.45) is 5.41 Å². The van der Waals surface area contributed by atoms with E-state index in [9.17, 15) is 0 Å². The van der Waals surface area contributed by atoms with Crippen molar-refractivity contribution >= 4 is 22.8 Å². The monoisotopic (exact) mass is 308 g/mol. The molecule has 2 heterocycles. The van der Waals surface area contributed by atoms with Gasteiger partial charge < -0.3 is 9.30 Å². The van der Waals surface area contributed by atoms with Gasteiger partial charge in [-0.05, 0) is 25.2 Å². The molecule has 0 amide bonds. The Labute approximate surface area is 129 Å². The van der Waals surface area contributed by atoms with E-state index in [4.69, 9.17) is 16.3 Å². The topological polar surface area (TPSA) is 52.8 Å². The second-order valence-electron chi connectivity index (χ2n) is 6.25. The third kappa shape index (κ3) is 2.59. The van der Waals surface area contributed by atoms with E-state index in [-0.39, 0.29) is 5.38 Å². The first-order valence-corrected chi connectivity index (χ1v) is 7.87. The summed E-state index contributed by atoms with van der Waals surface area (Å²) in [7, 11) is 1.60. The molecule has 1 aliphatic rings. The summed E-state index contributed by atoms with van der Waals surface area (Å²) in [6, 6.07) is 0. The average Bonchev–Trinajstić information content (AvgIpc) is 3.04. The summed E-state index contributed by atoms with van der Waals surface area (Å²) in [6.07, 6.45) is 6.61. The first kappa shape index (κ1) is 14.6. The summed E-state index contributed by atoms with van der Waals surface area (Å²) >= 11 is 6.33. The van der Waals surface area contributed by atoms with Crippen molar-refractivity contribution < 1.29 is 4.74 Å². The summed E-state index contributed by atoms with van der Waals surface area (Å²) in [6.45, 7) is 5.18. The van der Waals surface area contributed by atoms with Crippen LogP contribution in [0.2, 0.25) is 0 Å². The first-order chi connectivity index (χ1) is 10.0. The van der Waals surface area contributed by atoms with Crippen molar-refractivity contribution in [2.75, 3.05) is 7.11 Å². The smallest absolute Gasteiger partial charge is 0.245 e.